The van der Waals surface area contributed by atoms with Crippen LogP contribution in [0.2, 0.25) is 0 Å². The van der Waals surface area contributed by atoms with Crippen molar-refractivity contribution in [2.45, 2.75) is 38.4 Å². The van der Waals surface area contributed by atoms with Crippen molar-refractivity contribution in [1.29, 1.82) is 0 Å². The summed E-state index contributed by atoms with van der Waals surface area (Å²) >= 11 is 0. The molecule has 0 spiro atoms. The summed E-state index contributed by atoms with van der Waals surface area (Å²) in [6.07, 6.45) is 2.39. The zero-order valence-corrected chi connectivity index (χ0v) is 12.6. The number of carbonyl (C=O) groups excluding carboxylic acids is 1. The Bertz CT molecular complexity index is 643. The van der Waals surface area contributed by atoms with Crippen LogP contribution in [0.3, 0.4) is 0 Å². The maximum atomic E-state index is 12.4. The molecule has 3 heterocycles. The molecule has 118 valence electrons. The van der Waals surface area contributed by atoms with E-state index in [-0.39, 0.29) is 11.2 Å². The zero-order chi connectivity index (χ0) is 16.1. The number of anilines is 1. The molecule has 2 bridgehead atoms. The summed E-state index contributed by atoms with van der Waals surface area (Å²) in [5, 5.41) is 15.7. The third kappa shape index (κ3) is 2.41. The fourth-order valence-electron chi connectivity index (χ4n) is 2.81. The highest BCUT2D eigenvalue weighted by atomic mass is 16.5. The molecule has 0 radical (unpaired) electrons. The highest BCUT2D eigenvalue weighted by molar-refractivity contribution is 5.96. The maximum absolute atomic E-state index is 12.4. The van der Waals surface area contributed by atoms with Gasteiger partial charge < -0.3 is 19.7 Å². The van der Waals surface area contributed by atoms with E-state index in [0.717, 1.165) is 0 Å². The van der Waals surface area contributed by atoms with Gasteiger partial charge in [-0.25, -0.2) is 0 Å². The Kier molecular flexibility index (Phi) is 3.32. The first kappa shape index (κ1) is 14.8. The standard InChI is InChI=1S/C15H18N2O5/c1-15(2,3)9-6-10(17-22-9)16-13(18)11-7-4-5-8(21-7)12(11)14(19)20/h4-8,11-12H,1-3H3,(H,19,20)(H,16,17,18)/t7-,8-,11-,12-/m0/s1. The van der Waals surface area contributed by atoms with Gasteiger partial charge in [-0.3, -0.25) is 9.59 Å². The molecule has 0 saturated carbocycles. The molecule has 4 atom stereocenters. The van der Waals surface area contributed by atoms with Crippen LogP contribution in [-0.4, -0.2) is 34.3 Å². The van der Waals surface area contributed by atoms with Gasteiger partial charge in [0.15, 0.2) is 5.82 Å². The van der Waals surface area contributed by atoms with E-state index in [1.165, 1.54) is 0 Å². The van der Waals surface area contributed by atoms with Crippen molar-refractivity contribution < 1.29 is 24.0 Å². The predicted molar refractivity (Wildman–Crippen MR) is 76.2 cm³/mol. The van der Waals surface area contributed by atoms with Gasteiger partial charge in [-0.05, 0) is 0 Å². The first-order valence-electron chi connectivity index (χ1n) is 7.12. The summed E-state index contributed by atoms with van der Waals surface area (Å²) in [6, 6.07) is 1.65. The number of carboxylic acids is 1. The number of fused-ring (bicyclic) bond motifs is 2. The molecule has 22 heavy (non-hydrogen) atoms. The molecule has 1 aromatic heterocycles. The summed E-state index contributed by atoms with van der Waals surface area (Å²) in [5.74, 6) is -2.16. The van der Waals surface area contributed by atoms with E-state index in [9.17, 15) is 14.7 Å². The minimum atomic E-state index is -1.03. The molecule has 1 saturated heterocycles. The van der Waals surface area contributed by atoms with Crippen LogP contribution in [0.4, 0.5) is 5.82 Å². The number of hydrogen-bond donors (Lipinski definition) is 2. The molecule has 7 heteroatoms. The van der Waals surface area contributed by atoms with Gasteiger partial charge in [-0.2, -0.15) is 0 Å². The van der Waals surface area contributed by atoms with E-state index in [4.69, 9.17) is 9.26 Å². The quantitative estimate of drug-likeness (QED) is 0.822. The molecule has 2 N–H and O–H groups in total. The van der Waals surface area contributed by atoms with Crippen LogP contribution in [0, 0.1) is 11.8 Å². The minimum Gasteiger partial charge on any atom is -0.481 e. The average Bonchev–Trinajstić information content (AvgIpc) is 3.11. The Morgan fingerprint density at radius 3 is 2.41 bits per heavy atom. The summed E-state index contributed by atoms with van der Waals surface area (Å²) in [4.78, 5) is 23.8. The van der Waals surface area contributed by atoms with Gasteiger partial charge in [0, 0.05) is 11.5 Å². The van der Waals surface area contributed by atoms with Crippen LogP contribution in [0.15, 0.2) is 22.7 Å². The van der Waals surface area contributed by atoms with Crippen LogP contribution in [0.1, 0.15) is 26.5 Å². The fourth-order valence-corrected chi connectivity index (χ4v) is 2.81. The third-order valence-electron chi connectivity index (χ3n) is 3.99. The highest BCUT2D eigenvalue weighted by Gasteiger charge is 2.53. The topological polar surface area (TPSA) is 102 Å². The molecular weight excluding hydrogens is 288 g/mol. The molecule has 7 nitrogen and oxygen atoms in total. The lowest BCUT2D eigenvalue weighted by Crippen LogP contribution is -2.39. The smallest absolute Gasteiger partial charge is 0.310 e. The second-order valence-corrected chi connectivity index (χ2v) is 6.66. The summed E-state index contributed by atoms with van der Waals surface area (Å²) in [6.45, 7) is 5.90. The van der Waals surface area contributed by atoms with Crippen LogP contribution in [-0.2, 0) is 19.7 Å². The van der Waals surface area contributed by atoms with Gasteiger partial charge in [0.1, 0.15) is 11.7 Å². The lowest BCUT2D eigenvalue weighted by molar-refractivity contribution is -0.145. The summed E-state index contributed by atoms with van der Waals surface area (Å²) < 4.78 is 10.7. The predicted octanol–water partition coefficient (Wildman–Crippen LogP) is 1.56. The van der Waals surface area contributed by atoms with Gasteiger partial charge >= 0.3 is 5.97 Å². The number of ether oxygens (including phenoxy) is 1. The van der Waals surface area contributed by atoms with Crippen LogP contribution in [0.5, 0.6) is 0 Å². The zero-order valence-electron chi connectivity index (χ0n) is 12.6. The van der Waals surface area contributed by atoms with E-state index in [1.807, 2.05) is 20.8 Å². The fraction of sp³-hybridized carbons (Fsp3) is 0.533. The van der Waals surface area contributed by atoms with Gasteiger partial charge in [0.05, 0.1) is 18.1 Å². The lowest BCUT2D eigenvalue weighted by atomic mass is 9.82. The Morgan fingerprint density at radius 1 is 1.23 bits per heavy atom. The molecule has 1 aromatic rings. The van der Waals surface area contributed by atoms with Crippen LogP contribution in [0.25, 0.3) is 0 Å². The second-order valence-electron chi connectivity index (χ2n) is 6.66. The molecule has 2 aliphatic heterocycles. The Labute approximate surface area is 127 Å². The lowest BCUT2D eigenvalue weighted by Gasteiger charge is -2.20. The molecule has 1 fully saturated rings. The second kappa shape index (κ2) is 4.95. The minimum absolute atomic E-state index is 0.224. The van der Waals surface area contributed by atoms with E-state index in [2.05, 4.69) is 10.5 Å². The highest BCUT2D eigenvalue weighted by Crippen LogP contribution is 2.40. The number of amides is 1. The molecule has 0 aromatic carbocycles. The number of nitrogens with zero attached hydrogens (tertiary/aromatic N) is 1. The van der Waals surface area contributed by atoms with Crippen molar-refractivity contribution in [3.05, 3.63) is 24.0 Å². The summed E-state index contributed by atoms with van der Waals surface area (Å²) in [5.41, 5.74) is -0.224. The SMILES string of the molecule is CC(C)(C)c1cc(NC(=O)[C@@H]2[C@@H](C(=O)O)[C@@H]3C=C[C@@H]2O3)no1. The third-order valence-corrected chi connectivity index (χ3v) is 3.99. The van der Waals surface area contributed by atoms with Crippen molar-refractivity contribution in [2.24, 2.45) is 11.8 Å². The first-order valence-corrected chi connectivity index (χ1v) is 7.12. The van der Waals surface area contributed by atoms with Crippen molar-refractivity contribution in [3.63, 3.8) is 0 Å². The Morgan fingerprint density at radius 2 is 1.86 bits per heavy atom. The number of carbonyl (C=O) groups is 2. The van der Waals surface area contributed by atoms with Crippen LogP contribution >= 0.6 is 0 Å². The van der Waals surface area contributed by atoms with Crippen molar-refractivity contribution in [2.75, 3.05) is 5.32 Å². The largest absolute Gasteiger partial charge is 0.481 e. The van der Waals surface area contributed by atoms with Gasteiger partial charge in [-0.1, -0.05) is 38.1 Å². The van der Waals surface area contributed by atoms with Gasteiger partial charge in [0.25, 0.3) is 0 Å². The number of rotatable bonds is 3. The molecule has 3 rings (SSSR count). The van der Waals surface area contributed by atoms with Gasteiger partial charge in [-0.15, -0.1) is 0 Å². The molecule has 2 aliphatic rings. The number of hydrogen-bond acceptors (Lipinski definition) is 5. The van der Waals surface area contributed by atoms with E-state index in [1.54, 1.807) is 18.2 Å². The number of aromatic nitrogens is 1. The molecule has 0 unspecified atom stereocenters. The van der Waals surface area contributed by atoms with Crippen LogP contribution < -0.4 is 5.32 Å². The number of carboxylic acid groups (broad SMARTS) is 1. The van der Waals surface area contributed by atoms with E-state index in [0.29, 0.717) is 5.76 Å². The van der Waals surface area contributed by atoms with E-state index >= 15 is 0 Å². The van der Waals surface area contributed by atoms with Gasteiger partial charge in [0.2, 0.25) is 5.91 Å². The maximum Gasteiger partial charge on any atom is 0.310 e. The Balaban J connectivity index is 1.76. The number of aliphatic carboxylic acids is 1. The summed E-state index contributed by atoms with van der Waals surface area (Å²) in [7, 11) is 0. The first-order chi connectivity index (χ1) is 10.3. The molecular formula is C15H18N2O5. The average molecular weight is 306 g/mol. The Hall–Kier alpha value is -2.15. The van der Waals surface area contributed by atoms with Crippen molar-refractivity contribution in [3.8, 4) is 0 Å². The van der Waals surface area contributed by atoms with Crippen molar-refractivity contribution in [1.82, 2.24) is 5.16 Å². The monoisotopic (exact) mass is 306 g/mol. The molecule has 0 aliphatic carbocycles. The van der Waals surface area contributed by atoms with Crippen molar-refractivity contribution >= 4 is 17.7 Å². The number of nitrogens with one attached hydrogen (secondary N) is 1. The normalized spacial score (nSPS) is 29.8. The molecule has 1 amide bonds. The van der Waals surface area contributed by atoms with E-state index < -0.39 is 35.9 Å².